The molecule has 0 atom stereocenters. The monoisotopic (exact) mass is 389 g/mol. The van der Waals surface area contributed by atoms with Crippen LogP contribution in [0, 0.1) is 6.92 Å². The number of aryl methyl sites for hydroxylation is 1. The van der Waals surface area contributed by atoms with E-state index in [1.54, 1.807) is 0 Å². The molecule has 1 fully saturated rings. The maximum Gasteiger partial charge on any atom is 0.231 e. The third-order valence-electron chi connectivity index (χ3n) is 5.19. The zero-order chi connectivity index (χ0) is 19.6. The molecule has 0 aliphatic carbocycles. The topological polar surface area (TPSA) is 62.8 Å². The van der Waals surface area contributed by atoms with Crippen molar-refractivity contribution >= 4 is 23.1 Å². The average Bonchev–Trinajstić information content (AvgIpc) is 3.22. The van der Waals surface area contributed by atoms with E-state index in [-0.39, 0.29) is 6.79 Å². The van der Waals surface area contributed by atoms with E-state index in [1.807, 2.05) is 31.2 Å². The van der Waals surface area contributed by atoms with Crippen molar-refractivity contribution in [2.45, 2.75) is 6.92 Å². The van der Waals surface area contributed by atoms with Crippen molar-refractivity contribution < 1.29 is 9.47 Å². The van der Waals surface area contributed by atoms with Gasteiger partial charge in [0.05, 0.1) is 0 Å². The molecular formula is C22H23N5O2. The molecule has 2 aliphatic heterocycles. The van der Waals surface area contributed by atoms with Gasteiger partial charge < -0.3 is 24.6 Å². The number of ether oxygens (including phenoxy) is 2. The molecule has 5 rings (SSSR count). The number of benzene rings is 2. The van der Waals surface area contributed by atoms with Gasteiger partial charge in [0.15, 0.2) is 11.5 Å². The fourth-order valence-electron chi connectivity index (χ4n) is 3.71. The Morgan fingerprint density at radius 3 is 2.41 bits per heavy atom. The maximum absolute atomic E-state index is 5.45. The molecule has 7 heteroatoms. The van der Waals surface area contributed by atoms with Gasteiger partial charge in [0.1, 0.15) is 5.82 Å². The van der Waals surface area contributed by atoms with Crippen molar-refractivity contribution in [2.75, 3.05) is 48.1 Å². The van der Waals surface area contributed by atoms with Gasteiger partial charge in [0.25, 0.3) is 0 Å². The largest absolute Gasteiger partial charge is 0.454 e. The van der Waals surface area contributed by atoms with Crippen LogP contribution in [0.1, 0.15) is 5.69 Å². The van der Waals surface area contributed by atoms with Gasteiger partial charge in [0, 0.05) is 55.4 Å². The van der Waals surface area contributed by atoms with Gasteiger partial charge in [-0.15, -0.1) is 0 Å². The molecule has 2 aromatic carbocycles. The van der Waals surface area contributed by atoms with E-state index in [4.69, 9.17) is 14.5 Å². The van der Waals surface area contributed by atoms with Crippen LogP contribution in [0.5, 0.6) is 11.5 Å². The predicted octanol–water partition coefficient (Wildman–Crippen LogP) is 3.58. The number of hydrogen-bond donors (Lipinski definition) is 1. The zero-order valence-electron chi connectivity index (χ0n) is 16.3. The number of hydrogen-bond acceptors (Lipinski definition) is 7. The first kappa shape index (κ1) is 17.6. The highest BCUT2D eigenvalue weighted by Gasteiger charge is 2.19. The Morgan fingerprint density at radius 1 is 0.828 bits per heavy atom. The Balaban J connectivity index is 1.30. The smallest absolute Gasteiger partial charge is 0.231 e. The number of nitrogens with zero attached hydrogens (tertiary/aromatic N) is 4. The molecule has 2 aliphatic rings. The Bertz CT molecular complexity index is 1000. The molecule has 1 N–H and O–H groups in total. The minimum Gasteiger partial charge on any atom is -0.454 e. The van der Waals surface area contributed by atoms with Gasteiger partial charge in [-0.2, -0.15) is 4.98 Å². The lowest BCUT2D eigenvalue weighted by molar-refractivity contribution is 0.174. The lowest BCUT2D eigenvalue weighted by Crippen LogP contribution is -2.46. The number of aromatic nitrogens is 2. The molecule has 148 valence electrons. The standard InChI is InChI=1S/C22H23N5O2/c1-16-13-21(27-11-9-26(10-12-27)18-5-3-2-4-6-18)25-22(23-16)24-17-7-8-19-20(14-17)29-15-28-19/h2-8,13-14H,9-12,15H2,1H3,(H,23,24,25). The number of para-hydroxylation sites is 1. The number of fused-ring (bicyclic) bond motifs is 1. The SMILES string of the molecule is Cc1cc(N2CCN(c3ccccc3)CC2)nc(Nc2ccc3c(c2)OCO3)n1. The predicted molar refractivity (Wildman–Crippen MR) is 113 cm³/mol. The third-order valence-corrected chi connectivity index (χ3v) is 5.19. The van der Waals surface area contributed by atoms with Gasteiger partial charge in [-0.25, -0.2) is 4.98 Å². The average molecular weight is 389 g/mol. The minimum atomic E-state index is 0.263. The summed E-state index contributed by atoms with van der Waals surface area (Å²) in [6.45, 7) is 6.05. The maximum atomic E-state index is 5.45. The zero-order valence-corrected chi connectivity index (χ0v) is 16.3. The fraction of sp³-hybridized carbons (Fsp3) is 0.273. The first-order valence-electron chi connectivity index (χ1n) is 9.82. The van der Waals surface area contributed by atoms with Gasteiger partial charge in [-0.05, 0) is 31.2 Å². The number of nitrogens with one attached hydrogen (secondary N) is 1. The van der Waals surface area contributed by atoms with Crippen LogP contribution in [0.2, 0.25) is 0 Å². The fourth-order valence-corrected chi connectivity index (χ4v) is 3.71. The Labute approximate surface area is 169 Å². The van der Waals surface area contributed by atoms with Crippen LogP contribution in [-0.4, -0.2) is 42.9 Å². The summed E-state index contributed by atoms with van der Waals surface area (Å²) in [6.07, 6.45) is 0. The quantitative estimate of drug-likeness (QED) is 0.732. The van der Waals surface area contributed by atoms with Gasteiger partial charge in [0.2, 0.25) is 12.7 Å². The van der Waals surface area contributed by atoms with E-state index in [0.29, 0.717) is 5.95 Å². The van der Waals surface area contributed by atoms with Gasteiger partial charge >= 0.3 is 0 Å². The van der Waals surface area contributed by atoms with Crippen LogP contribution in [0.25, 0.3) is 0 Å². The summed E-state index contributed by atoms with van der Waals surface area (Å²) in [5.41, 5.74) is 3.08. The normalized spacial score (nSPS) is 15.5. The Morgan fingerprint density at radius 2 is 1.59 bits per heavy atom. The second kappa shape index (κ2) is 7.50. The van der Waals surface area contributed by atoms with Crippen molar-refractivity contribution in [2.24, 2.45) is 0 Å². The summed E-state index contributed by atoms with van der Waals surface area (Å²) in [6, 6.07) is 18.3. The number of rotatable bonds is 4. The first-order valence-corrected chi connectivity index (χ1v) is 9.82. The molecule has 0 saturated carbocycles. The Hall–Kier alpha value is -3.48. The number of piperazine rings is 1. The molecule has 3 aromatic rings. The van der Waals surface area contributed by atoms with Crippen LogP contribution in [0.15, 0.2) is 54.6 Å². The lowest BCUT2D eigenvalue weighted by Gasteiger charge is -2.36. The van der Waals surface area contributed by atoms with E-state index < -0.39 is 0 Å². The molecule has 0 bridgehead atoms. The van der Waals surface area contributed by atoms with Crippen molar-refractivity contribution in [3.8, 4) is 11.5 Å². The van der Waals surface area contributed by atoms with E-state index in [0.717, 1.165) is 54.9 Å². The molecule has 0 spiro atoms. The minimum absolute atomic E-state index is 0.263. The van der Waals surface area contributed by atoms with Crippen molar-refractivity contribution in [1.82, 2.24) is 9.97 Å². The first-order chi connectivity index (χ1) is 14.2. The van der Waals surface area contributed by atoms with E-state index >= 15 is 0 Å². The summed E-state index contributed by atoms with van der Waals surface area (Å²) in [5.74, 6) is 3.04. The van der Waals surface area contributed by atoms with Crippen LogP contribution in [0.3, 0.4) is 0 Å². The van der Waals surface area contributed by atoms with E-state index in [9.17, 15) is 0 Å². The summed E-state index contributed by atoms with van der Waals surface area (Å²) in [5, 5.41) is 3.29. The van der Waals surface area contributed by atoms with Crippen molar-refractivity contribution in [1.29, 1.82) is 0 Å². The second-order valence-electron chi connectivity index (χ2n) is 7.19. The molecule has 3 heterocycles. The molecule has 0 radical (unpaired) electrons. The highest BCUT2D eigenvalue weighted by atomic mass is 16.7. The van der Waals surface area contributed by atoms with Gasteiger partial charge in [-0.1, -0.05) is 18.2 Å². The van der Waals surface area contributed by atoms with Crippen LogP contribution >= 0.6 is 0 Å². The van der Waals surface area contributed by atoms with Crippen molar-refractivity contribution in [3.63, 3.8) is 0 Å². The Kier molecular flexibility index (Phi) is 4.56. The molecule has 29 heavy (non-hydrogen) atoms. The molecule has 1 saturated heterocycles. The second-order valence-corrected chi connectivity index (χ2v) is 7.19. The van der Waals surface area contributed by atoms with Crippen LogP contribution in [0.4, 0.5) is 23.1 Å². The van der Waals surface area contributed by atoms with E-state index in [1.165, 1.54) is 5.69 Å². The third kappa shape index (κ3) is 3.76. The lowest BCUT2D eigenvalue weighted by atomic mass is 10.2. The van der Waals surface area contributed by atoms with Crippen LogP contribution < -0.4 is 24.6 Å². The summed E-state index contributed by atoms with van der Waals surface area (Å²) in [4.78, 5) is 14.0. The molecule has 0 unspecified atom stereocenters. The highest BCUT2D eigenvalue weighted by molar-refractivity contribution is 5.61. The van der Waals surface area contributed by atoms with Gasteiger partial charge in [-0.3, -0.25) is 0 Å². The molecule has 7 nitrogen and oxygen atoms in total. The molecular weight excluding hydrogens is 366 g/mol. The summed E-state index contributed by atoms with van der Waals surface area (Å²) in [7, 11) is 0. The molecule has 1 aromatic heterocycles. The number of anilines is 4. The highest BCUT2D eigenvalue weighted by Crippen LogP contribution is 2.35. The van der Waals surface area contributed by atoms with Crippen molar-refractivity contribution in [3.05, 3.63) is 60.3 Å². The molecule has 0 amide bonds. The summed E-state index contributed by atoms with van der Waals surface area (Å²) < 4.78 is 10.8. The summed E-state index contributed by atoms with van der Waals surface area (Å²) >= 11 is 0. The van der Waals surface area contributed by atoms with Crippen LogP contribution in [-0.2, 0) is 0 Å². The van der Waals surface area contributed by atoms with E-state index in [2.05, 4.69) is 50.4 Å².